The van der Waals surface area contributed by atoms with Gasteiger partial charge in [-0.2, -0.15) is 0 Å². The second-order valence-corrected chi connectivity index (χ2v) is 4.84. The van der Waals surface area contributed by atoms with Crippen LogP contribution in [0.5, 0.6) is 5.75 Å². The smallest absolute Gasteiger partial charge is 0.306 e. The van der Waals surface area contributed by atoms with Crippen LogP contribution in [0.1, 0.15) is 31.2 Å². The fourth-order valence-corrected chi connectivity index (χ4v) is 2.64. The molecule has 2 rings (SSSR count). The van der Waals surface area contributed by atoms with E-state index in [1.807, 2.05) is 24.3 Å². The summed E-state index contributed by atoms with van der Waals surface area (Å²) in [6, 6.07) is 7.38. The van der Waals surface area contributed by atoms with Crippen molar-refractivity contribution in [3.63, 3.8) is 0 Å². The Balaban J connectivity index is 2.20. The molecule has 18 heavy (non-hydrogen) atoms. The van der Waals surface area contributed by atoms with Crippen LogP contribution in [0.25, 0.3) is 0 Å². The summed E-state index contributed by atoms with van der Waals surface area (Å²) in [6.45, 7) is 0. The number of rotatable bonds is 3. The number of para-hydroxylation sites is 1. The molecule has 1 saturated carbocycles. The van der Waals surface area contributed by atoms with Crippen LogP contribution in [0.3, 0.4) is 0 Å². The second-order valence-electron chi connectivity index (χ2n) is 4.84. The van der Waals surface area contributed by atoms with E-state index in [0.717, 1.165) is 5.56 Å². The molecule has 1 aliphatic carbocycles. The highest BCUT2D eigenvalue weighted by Gasteiger charge is 2.38. The highest BCUT2D eigenvalue weighted by Crippen LogP contribution is 2.42. The van der Waals surface area contributed by atoms with E-state index in [-0.39, 0.29) is 5.92 Å². The summed E-state index contributed by atoms with van der Waals surface area (Å²) in [5, 5.41) is 19.7. The van der Waals surface area contributed by atoms with Crippen LogP contribution in [0, 0.1) is 5.92 Å². The van der Waals surface area contributed by atoms with Crippen molar-refractivity contribution in [3.05, 3.63) is 29.8 Å². The molecule has 0 aliphatic heterocycles. The molecule has 1 aromatic rings. The fourth-order valence-electron chi connectivity index (χ4n) is 2.64. The molecule has 0 spiro atoms. The van der Waals surface area contributed by atoms with Gasteiger partial charge in [0.2, 0.25) is 0 Å². The molecular formula is C14H18O4. The lowest BCUT2D eigenvalue weighted by Gasteiger charge is -2.35. The number of carbonyl (C=O) groups is 1. The third kappa shape index (κ3) is 2.34. The molecule has 2 N–H and O–H groups in total. The molecule has 4 heteroatoms. The van der Waals surface area contributed by atoms with E-state index in [4.69, 9.17) is 9.84 Å². The Kier molecular flexibility index (Phi) is 3.57. The van der Waals surface area contributed by atoms with Gasteiger partial charge in [0.1, 0.15) is 5.75 Å². The standard InChI is InChI=1S/C14H18O4/c1-18-12-5-3-2-4-11(12)14(17)8-6-10(7-9-14)13(15)16/h2-5,10,17H,6-9H2,1H3,(H,15,16). The molecule has 1 fully saturated rings. The minimum absolute atomic E-state index is 0.333. The summed E-state index contributed by atoms with van der Waals surface area (Å²) in [6.07, 6.45) is 1.93. The van der Waals surface area contributed by atoms with Crippen molar-refractivity contribution < 1.29 is 19.7 Å². The quantitative estimate of drug-likeness (QED) is 0.862. The zero-order valence-electron chi connectivity index (χ0n) is 10.4. The van der Waals surface area contributed by atoms with Crippen LogP contribution in [0.15, 0.2) is 24.3 Å². The van der Waals surface area contributed by atoms with E-state index in [0.29, 0.717) is 31.4 Å². The SMILES string of the molecule is COc1ccccc1C1(O)CCC(C(=O)O)CC1. The molecule has 1 aromatic carbocycles. The lowest BCUT2D eigenvalue weighted by Crippen LogP contribution is -2.34. The van der Waals surface area contributed by atoms with Crippen LogP contribution in [-0.4, -0.2) is 23.3 Å². The summed E-state index contributed by atoms with van der Waals surface area (Å²) >= 11 is 0. The molecule has 0 heterocycles. The molecule has 4 nitrogen and oxygen atoms in total. The van der Waals surface area contributed by atoms with Gasteiger partial charge in [0.15, 0.2) is 0 Å². The topological polar surface area (TPSA) is 66.8 Å². The van der Waals surface area contributed by atoms with Gasteiger partial charge in [-0.15, -0.1) is 0 Å². The molecule has 0 saturated heterocycles. The normalized spacial score (nSPS) is 27.8. The number of aliphatic carboxylic acids is 1. The number of hydrogen-bond acceptors (Lipinski definition) is 3. The summed E-state index contributed by atoms with van der Waals surface area (Å²) in [4.78, 5) is 10.9. The van der Waals surface area contributed by atoms with Crippen molar-refractivity contribution in [2.75, 3.05) is 7.11 Å². The number of aliphatic hydroxyl groups is 1. The van der Waals surface area contributed by atoms with Crippen LogP contribution in [-0.2, 0) is 10.4 Å². The Morgan fingerprint density at radius 2 is 1.94 bits per heavy atom. The maximum absolute atomic E-state index is 10.9. The monoisotopic (exact) mass is 250 g/mol. The van der Waals surface area contributed by atoms with E-state index < -0.39 is 11.6 Å². The average Bonchev–Trinajstić information content (AvgIpc) is 2.39. The van der Waals surface area contributed by atoms with Gasteiger partial charge in [-0.1, -0.05) is 18.2 Å². The maximum atomic E-state index is 10.9. The maximum Gasteiger partial charge on any atom is 0.306 e. The van der Waals surface area contributed by atoms with Crippen molar-refractivity contribution in [1.82, 2.24) is 0 Å². The Morgan fingerprint density at radius 3 is 2.50 bits per heavy atom. The largest absolute Gasteiger partial charge is 0.496 e. The molecule has 0 bridgehead atoms. The summed E-state index contributed by atoms with van der Waals surface area (Å²) < 4.78 is 5.26. The van der Waals surface area contributed by atoms with Gasteiger partial charge in [0, 0.05) is 5.56 Å². The van der Waals surface area contributed by atoms with E-state index in [9.17, 15) is 9.90 Å². The minimum Gasteiger partial charge on any atom is -0.496 e. The first-order valence-electron chi connectivity index (χ1n) is 6.15. The van der Waals surface area contributed by atoms with E-state index in [2.05, 4.69) is 0 Å². The third-order valence-electron chi connectivity index (χ3n) is 3.77. The van der Waals surface area contributed by atoms with E-state index in [1.165, 1.54) is 0 Å². The number of ether oxygens (including phenoxy) is 1. The van der Waals surface area contributed by atoms with Gasteiger partial charge in [-0.3, -0.25) is 4.79 Å². The minimum atomic E-state index is -0.960. The predicted molar refractivity (Wildman–Crippen MR) is 66.5 cm³/mol. The number of methoxy groups -OCH3 is 1. The number of carboxylic acid groups (broad SMARTS) is 1. The molecule has 0 aromatic heterocycles. The third-order valence-corrected chi connectivity index (χ3v) is 3.77. The van der Waals surface area contributed by atoms with Gasteiger partial charge < -0.3 is 14.9 Å². The molecule has 0 unspecified atom stereocenters. The second kappa shape index (κ2) is 4.98. The number of carboxylic acids is 1. The Hall–Kier alpha value is -1.55. The van der Waals surface area contributed by atoms with Crippen LogP contribution < -0.4 is 4.74 Å². The van der Waals surface area contributed by atoms with Crippen molar-refractivity contribution in [2.24, 2.45) is 5.92 Å². The van der Waals surface area contributed by atoms with Crippen LogP contribution in [0.2, 0.25) is 0 Å². The first-order chi connectivity index (χ1) is 8.57. The van der Waals surface area contributed by atoms with E-state index >= 15 is 0 Å². The van der Waals surface area contributed by atoms with Gasteiger partial charge >= 0.3 is 5.97 Å². The van der Waals surface area contributed by atoms with Crippen molar-refractivity contribution in [3.8, 4) is 5.75 Å². The van der Waals surface area contributed by atoms with Crippen molar-refractivity contribution >= 4 is 5.97 Å². The molecule has 0 radical (unpaired) electrons. The van der Waals surface area contributed by atoms with Crippen LogP contribution in [0.4, 0.5) is 0 Å². The zero-order chi connectivity index (χ0) is 13.2. The first kappa shape index (κ1) is 12.9. The fraction of sp³-hybridized carbons (Fsp3) is 0.500. The molecular weight excluding hydrogens is 232 g/mol. The highest BCUT2D eigenvalue weighted by atomic mass is 16.5. The van der Waals surface area contributed by atoms with Gasteiger partial charge in [-0.05, 0) is 31.7 Å². The van der Waals surface area contributed by atoms with E-state index in [1.54, 1.807) is 7.11 Å². The predicted octanol–water partition coefficient (Wildman–Crippen LogP) is 2.16. The van der Waals surface area contributed by atoms with Crippen molar-refractivity contribution in [2.45, 2.75) is 31.3 Å². The first-order valence-corrected chi connectivity index (χ1v) is 6.15. The van der Waals surface area contributed by atoms with Crippen molar-refractivity contribution in [1.29, 1.82) is 0 Å². The van der Waals surface area contributed by atoms with Crippen LogP contribution >= 0.6 is 0 Å². The zero-order valence-corrected chi connectivity index (χ0v) is 10.4. The summed E-state index contributed by atoms with van der Waals surface area (Å²) in [7, 11) is 1.57. The van der Waals surface area contributed by atoms with Gasteiger partial charge in [0.05, 0.1) is 18.6 Å². The molecule has 0 amide bonds. The lowest BCUT2D eigenvalue weighted by atomic mass is 9.75. The number of hydrogen-bond donors (Lipinski definition) is 2. The summed E-state index contributed by atoms with van der Waals surface area (Å²) in [5.41, 5.74) is -0.199. The summed E-state index contributed by atoms with van der Waals surface area (Å²) in [5.74, 6) is -0.439. The highest BCUT2D eigenvalue weighted by molar-refractivity contribution is 5.70. The Labute approximate surface area is 106 Å². The Bertz CT molecular complexity index is 433. The molecule has 98 valence electrons. The molecule has 1 aliphatic rings. The Morgan fingerprint density at radius 1 is 1.33 bits per heavy atom. The molecule has 0 atom stereocenters. The average molecular weight is 250 g/mol. The van der Waals surface area contributed by atoms with Gasteiger partial charge in [-0.25, -0.2) is 0 Å². The number of benzene rings is 1. The van der Waals surface area contributed by atoms with Gasteiger partial charge in [0.25, 0.3) is 0 Å². The lowest BCUT2D eigenvalue weighted by molar-refractivity contribution is -0.145.